The van der Waals surface area contributed by atoms with Crippen LogP contribution in [0.4, 0.5) is 0 Å². The largest absolute Gasteiger partial charge is 0.321 e. The summed E-state index contributed by atoms with van der Waals surface area (Å²) >= 11 is 11.9. The minimum atomic E-state index is -0.627. The van der Waals surface area contributed by atoms with E-state index in [1.54, 1.807) is 18.2 Å². The monoisotopic (exact) mass is 293 g/mol. The Kier molecular flexibility index (Phi) is 4.59. The number of benzene rings is 2. The number of carbonyl (C=O) groups excluding carboxylic acids is 1. The molecule has 0 spiro atoms. The number of halogens is 2. The fourth-order valence-corrected chi connectivity index (χ4v) is 2.25. The van der Waals surface area contributed by atoms with Gasteiger partial charge in [-0.25, -0.2) is 0 Å². The van der Waals surface area contributed by atoms with Gasteiger partial charge in [0.1, 0.15) is 0 Å². The van der Waals surface area contributed by atoms with Crippen molar-refractivity contribution in [1.82, 2.24) is 0 Å². The molecule has 0 fully saturated rings. The Morgan fingerprint density at radius 3 is 2.42 bits per heavy atom. The number of hydrogen-bond donors (Lipinski definition) is 1. The number of nitrogens with two attached hydrogens (primary N) is 1. The first-order chi connectivity index (χ1) is 9.09. The summed E-state index contributed by atoms with van der Waals surface area (Å²) in [5.74, 6) is -0.198. The van der Waals surface area contributed by atoms with Crippen LogP contribution < -0.4 is 5.73 Å². The van der Waals surface area contributed by atoms with Crippen molar-refractivity contribution < 1.29 is 4.79 Å². The van der Waals surface area contributed by atoms with E-state index in [-0.39, 0.29) is 10.8 Å². The molecule has 4 heteroatoms. The SMILES string of the molecule is NC(Cc1ccccc1)C(=O)c1cccc(Cl)c1Cl. The molecular formula is C15H13Cl2NO. The predicted molar refractivity (Wildman–Crippen MR) is 78.9 cm³/mol. The van der Waals surface area contributed by atoms with E-state index in [0.29, 0.717) is 17.0 Å². The highest BCUT2D eigenvalue weighted by Crippen LogP contribution is 2.26. The van der Waals surface area contributed by atoms with E-state index in [4.69, 9.17) is 28.9 Å². The Bertz CT molecular complexity index is 584. The van der Waals surface area contributed by atoms with Gasteiger partial charge in [0, 0.05) is 5.56 Å². The predicted octanol–water partition coefficient (Wildman–Crippen LogP) is 3.75. The van der Waals surface area contributed by atoms with Gasteiger partial charge in [0.2, 0.25) is 0 Å². The van der Waals surface area contributed by atoms with Crippen LogP contribution in [0.25, 0.3) is 0 Å². The summed E-state index contributed by atoms with van der Waals surface area (Å²) in [6, 6.07) is 14.0. The second-order valence-corrected chi connectivity index (χ2v) is 5.05. The Balaban J connectivity index is 2.18. The van der Waals surface area contributed by atoms with Gasteiger partial charge >= 0.3 is 0 Å². The summed E-state index contributed by atoms with van der Waals surface area (Å²) in [6.07, 6.45) is 0.475. The number of rotatable bonds is 4. The van der Waals surface area contributed by atoms with Crippen LogP contribution in [0.2, 0.25) is 10.0 Å². The molecule has 0 aromatic heterocycles. The summed E-state index contributed by atoms with van der Waals surface area (Å²) in [5, 5.41) is 0.622. The molecule has 0 bridgehead atoms. The van der Waals surface area contributed by atoms with Crippen LogP contribution in [-0.2, 0) is 6.42 Å². The molecule has 0 aliphatic heterocycles. The highest BCUT2D eigenvalue weighted by Gasteiger charge is 2.19. The van der Waals surface area contributed by atoms with Crippen molar-refractivity contribution in [3.8, 4) is 0 Å². The third-order valence-corrected chi connectivity index (χ3v) is 3.67. The summed E-state index contributed by atoms with van der Waals surface area (Å²) < 4.78 is 0. The van der Waals surface area contributed by atoms with E-state index in [0.717, 1.165) is 5.56 Å². The van der Waals surface area contributed by atoms with Crippen molar-refractivity contribution in [2.75, 3.05) is 0 Å². The van der Waals surface area contributed by atoms with Crippen molar-refractivity contribution in [3.63, 3.8) is 0 Å². The van der Waals surface area contributed by atoms with E-state index in [9.17, 15) is 4.79 Å². The third kappa shape index (κ3) is 3.35. The topological polar surface area (TPSA) is 43.1 Å². The second-order valence-electron chi connectivity index (χ2n) is 4.26. The quantitative estimate of drug-likeness (QED) is 0.873. The summed E-state index contributed by atoms with van der Waals surface area (Å²) in [4.78, 5) is 12.3. The molecule has 1 unspecified atom stereocenters. The number of hydrogen-bond acceptors (Lipinski definition) is 2. The lowest BCUT2D eigenvalue weighted by Crippen LogP contribution is -2.33. The van der Waals surface area contributed by atoms with Crippen LogP contribution in [0.1, 0.15) is 15.9 Å². The molecule has 0 aliphatic carbocycles. The van der Waals surface area contributed by atoms with Gasteiger partial charge in [0.05, 0.1) is 16.1 Å². The molecule has 0 radical (unpaired) electrons. The number of ketones is 1. The van der Waals surface area contributed by atoms with E-state index < -0.39 is 6.04 Å². The maximum Gasteiger partial charge on any atom is 0.181 e. The molecule has 1 atom stereocenters. The van der Waals surface area contributed by atoms with Gasteiger partial charge < -0.3 is 5.73 Å². The van der Waals surface area contributed by atoms with Crippen molar-refractivity contribution in [2.45, 2.75) is 12.5 Å². The lowest BCUT2D eigenvalue weighted by Gasteiger charge is -2.12. The zero-order valence-electron chi connectivity index (χ0n) is 10.1. The molecule has 19 heavy (non-hydrogen) atoms. The van der Waals surface area contributed by atoms with Crippen molar-refractivity contribution in [2.24, 2.45) is 5.73 Å². The first-order valence-corrected chi connectivity index (χ1v) is 6.63. The van der Waals surface area contributed by atoms with Crippen molar-refractivity contribution >= 4 is 29.0 Å². The standard InChI is InChI=1S/C15H13Cl2NO/c16-12-8-4-7-11(14(12)17)15(19)13(18)9-10-5-2-1-3-6-10/h1-8,13H,9,18H2. The first kappa shape index (κ1) is 14.1. The van der Waals surface area contributed by atoms with Crippen LogP contribution in [0.15, 0.2) is 48.5 Å². The Labute approximate surface area is 122 Å². The van der Waals surface area contributed by atoms with Gasteiger partial charge in [-0.3, -0.25) is 4.79 Å². The second kappa shape index (κ2) is 6.20. The van der Waals surface area contributed by atoms with Gasteiger partial charge in [-0.1, -0.05) is 59.6 Å². The van der Waals surface area contributed by atoms with Crippen molar-refractivity contribution in [3.05, 3.63) is 69.7 Å². The van der Waals surface area contributed by atoms with Crippen LogP contribution in [0.3, 0.4) is 0 Å². The van der Waals surface area contributed by atoms with Crippen LogP contribution in [-0.4, -0.2) is 11.8 Å². The fraction of sp³-hybridized carbons (Fsp3) is 0.133. The lowest BCUT2D eigenvalue weighted by molar-refractivity contribution is 0.0961. The summed E-state index contributed by atoms with van der Waals surface area (Å²) in [5.41, 5.74) is 7.34. The minimum absolute atomic E-state index is 0.198. The molecule has 2 rings (SSSR count). The molecule has 2 aromatic rings. The summed E-state index contributed by atoms with van der Waals surface area (Å²) in [6.45, 7) is 0. The lowest BCUT2D eigenvalue weighted by atomic mass is 9.98. The fourth-order valence-electron chi connectivity index (χ4n) is 1.85. The van der Waals surface area contributed by atoms with E-state index >= 15 is 0 Å². The average molecular weight is 294 g/mol. The van der Waals surface area contributed by atoms with Crippen molar-refractivity contribution in [1.29, 1.82) is 0 Å². The van der Waals surface area contributed by atoms with E-state index in [1.807, 2.05) is 30.3 Å². The molecule has 2 aromatic carbocycles. The van der Waals surface area contributed by atoms with Gasteiger partial charge in [0.25, 0.3) is 0 Å². The molecule has 0 saturated carbocycles. The molecule has 2 N–H and O–H groups in total. The van der Waals surface area contributed by atoms with E-state index in [2.05, 4.69) is 0 Å². The van der Waals surface area contributed by atoms with Crippen LogP contribution in [0, 0.1) is 0 Å². The molecule has 0 aliphatic rings. The Morgan fingerprint density at radius 2 is 1.74 bits per heavy atom. The average Bonchev–Trinajstić information content (AvgIpc) is 2.42. The van der Waals surface area contributed by atoms with Gasteiger partial charge in [0.15, 0.2) is 5.78 Å². The van der Waals surface area contributed by atoms with Gasteiger partial charge in [-0.2, -0.15) is 0 Å². The zero-order valence-corrected chi connectivity index (χ0v) is 11.7. The number of carbonyl (C=O) groups is 1. The highest BCUT2D eigenvalue weighted by atomic mass is 35.5. The maximum atomic E-state index is 12.3. The molecule has 2 nitrogen and oxygen atoms in total. The van der Waals surface area contributed by atoms with Gasteiger partial charge in [-0.15, -0.1) is 0 Å². The molecule has 98 valence electrons. The Hall–Kier alpha value is -1.35. The highest BCUT2D eigenvalue weighted by molar-refractivity contribution is 6.44. The number of Topliss-reactive ketones (excluding diaryl/α,β-unsaturated/α-hetero) is 1. The maximum absolute atomic E-state index is 12.3. The minimum Gasteiger partial charge on any atom is -0.321 e. The zero-order chi connectivity index (χ0) is 13.8. The van der Waals surface area contributed by atoms with Gasteiger partial charge in [-0.05, 0) is 24.1 Å². The smallest absolute Gasteiger partial charge is 0.181 e. The molecule has 0 amide bonds. The van der Waals surface area contributed by atoms with E-state index in [1.165, 1.54) is 0 Å². The normalized spacial score (nSPS) is 12.2. The first-order valence-electron chi connectivity index (χ1n) is 5.87. The van der Waals surface area contributed by atoms with Crippen LogP contribution in [0.5, 0.6) is 0 Å². The van der Waals surface area contributed by atoms with Crippen LogP contribution >= 0.6 is 23.2 Å². The molecular weight excluding hydrogens is 281 g/mol. The molecule has 0 heterocycles. The third-order valence-electron chi connectivity index (χ3n) is 2.85. The Morgan fingerprint density at radius 1 is 1.05 bits per heavy atom. The molecule has 0 saturated heterocycles. The summed E-state index contributed by atoms with van der Waals surface area (Å²) in [7, 11) is 0.